The largest absolute Gasteiger partial charge is 0.353 e. The van der Waals surface area contributed by atoms with Gasteiger partial charge in [-0.2, -0.15) is 0 Å². The maximum absolute atomic E-state index is 12.2. The van der Waals surface area contributed by atoms with Gasteiger partial charge in [-0.3, -0.25) is 9.59 Å². The van der Waals surface area contributed by atoms with Crippen LogP contribution in [0.4, 0.5) is 0 Å². The van der Waals surface area contributed by atoms with Crippen LogP contribution in [0.3, 0.4) is 0 Å². The third-order valence-corrected chi connectivity index (χ3v) is 5.74. The van der Waals surface area contributed by atoms with Gasteiger partial charge in [-0.1, -0.05) is 19.9 Å². The van der Waals surface area contributed by atoms with Crippen molar-refractivity contribution < 1.29 is 18.0 Å². The molecule has 26 heavy (non-hydrogen) atoms. The highest BCUT2D eigenvalue weighted by molar-refractivity contribution is 7.89. The second-order valence-corrected chi connectivity index (χ2v) is 8.03. The van der Waals surface area contributed by atoms with Crippen molar-refractivity contribution >= 4 is 21.8 Å². The van der Waals surface area contributed by atoms with Crippen LogP contribution in [0.15, 0.2) is 29.2 Å². The van der Waals surface area contributed by atoms with E-state index in [9.17, 15) is 18.0 Å². The first-order valence-corrected chi connectivity index (χ1v) is 9.96. The number of carbonyl (C=O) groups is 2. The summed E-state index contributed by atoms with van der Waals surface area (Å²) in [6.45, 7) is 7.02. The van der Waals surface area contributed by atoms with E-state index in [1.54, 1.807) is 0 Å². The Hall–Kier alpha value is -1.97. The highest BCUT2D eigenvalue weighted by Gasteiger charge is 2.18. The maximum atomic E-state index is 12.2. The van der Waals surface area contributed by atoms with Crippen LogP contribution in [-0.2, 0) is 14.8 Å². The summed E-state index contributed by atoms with van der Waals surface area (Å²) < 4.78 is 25.3. The lowest BCUT2D eigenvalue weighted by molar-refractivity contribution is -0.120. The molecule has 1 aromatic carbocycles. The lowest BCUT2D eigenvalue weighted by Gasteiger charge is -2.18. The van der Waals surface area contributed by atoms with Gasteiger partial charge >= 0.3 is 0 Å². The molecule has 0 saturated heterocycles. The van der Waals surface area contributed by atoms with Crippen molar-refractivity contribution in [1.29, 1.82) is 0 Å². The van der Waals surface area contributed by atoms with E-state index in [1.165, 1.54) is 38.4 Å². The molecule has 0 aliphatic carbocycles. The summed E-state index contributed by atoms with van der Waals surface area (Å²) in [5.74, 6) is -0.790. The van der Waals surface area contributed by atoms with E-state index in [0.717, 1.165) is 23.9 Å². The number of amides is 2. The molecular formula is C17H28N4O4S. The van der Waals surface area contributed by atoms with Crippen molar-refractivity contribution in [2.45, 2.75) is 18.7 Å². The van der Waals surface area contributed by atoms with Crippen LogP contribution >= 0.6 is 0 Å². The van der Waals surface area contributed by atoms with Gasteiger partial charge in [0.15, 0.2) is 0 Å². The summed E-state index contributed by atoms with van der Waals surface area (Å²) in [4.78, 5) is 26.2. The van der Waals surface area contributed by atoms with Gasteiger partial charge in [-0.25, -0.2) is 12.7 Å². The SMILES string of the molecule is CCN(CC)CCNC(=O)CNC(=O)c1cccc(S(=O)(=O)N(C)C)c1. The average Bonchev–Trinajstić information content (AvgIpc) is 2.63. The van der Waals surface area contributed by atoms with Crippen LogP contribution in [0.5, 0.6) is 0 Å². The first-order valence-electron chi connectivity index (χ1n) is 8.52. The predicted octanol–water partition coefficient (Wildman–Crippen LogP) is 0.125. The number of sulfonamides is 1. The molecule has 2 N–H and O–H groups in total. The fraction of sp³-hybridized carbons (Fsp3) is 0.529. The Bertz CT molecular complexity index is 715. The van der Waals surface area contributed by atoms with E-state index in [-0.39, 0.29) is 22.9 Å². The van der Waals surface area contributed by atoms with Crippen molar-refractivity contribution in [2.75, 3.05) is 46.8 Å². The van der Waals surface area contributed by atoms with Crippen LogP contribution in [0, 0.1) is 0 Å². The molecule has 0 unspecified atom stereocenters. The van der Waals surface area contributed by atoms with E-state index in [4.69, 9.17) is 0 Å². The molecule has 0 saturated carbocycles. The molecule has 1 aromatic rings. The average molecular weight is 385 g/mol. The lowest BCUT2D eigenvalue weighted by Crippen LogP contribution is -2.40. The van der Waals surface area contributed by atoms with Crippen molar-refractivity contribution in [3.05, 3.63) is 29.8 Å². The predicted molar refractivity (Wildman–Crippen MR) is 100 cm³/mol. The fourth-order valence-corrected chi connectivity index (χ4v) is 3.18. The Morgan fingerprint density at radius 3 is 2.31 bits per heavy atom. The number of likely N-dealkylation sites (N-methyl/N-ethyl adjacent to an activating group) is 1. The Morgan fingerprint density at radius 2 is 1.73 bits per heavy atom. The normalized spacial score (nSPS) is 11.6. The van der Waals surface area contributed by atoms with Crippen molar-refractivity contribution in [2.24, 2.45) is 0 Å². The first-order chi connectivity index (χ1) is 12.2. The quantitative estimate of drug-likeness (QED) is 0.597. The number of rotatable bonds is 10. The van der Waals surface area contributed by atoms with E-state index in [0.29, 0.717) is 6.54 Å². The number of benzene rings is 1. The lowest BCUT2D eigenvalue weighted by atomic mass is 10.2. The van der Waals surface area contributed by atoms with E-state index in [2.05, 4.69) is 29.4 Å². The molecule has 146 valence electrons. The van der Waals surface area contributed by atoms with Gasteiger partial charge in [0.2, 0.25) is 15.9 Å². The monoisotopic (exact) mass is 384 g/mol. The molecule has 0 heterocycles. The summed E-state index contributed by atoms with van der Waals surface area (Å²) in [7, 11) is -0.778. The van der Waals surface area contributed by atoms with Crippen molar-refractivity contribution in [3.8, 4) is 0 Å². The van der Waals surface area contributed by atoms with Gasteiger partial charge in [0.05, 0.1) is 11.4 Å². The van der Waals surface area contributed by atoms with Gasteiger partial charge in [0, 0.05) is 32.7 Å². The minimum absolute atomic E-state index is 0.0267. The molecule has 9 heteroatoms. The Labute approximate surface area is 155 Å². The zero-order valence-corrected chi connectivity index (χ0v) is 16.6. The van der Waals surface area contributed by atoms with E-state index in [1.807, 2.05) is 0 Å². The van der Waals surface area contributed by atoms with Gasteiger partial charge in [-0.15, -0.1) is 0 Å². The van der Waals surface area contributed by atoms with Crippen molar-refractivity contribution in [3.63, 3.8) is 0 Å². The summed E-state index contributed by atoms with van der Waals surface area (Å²) in [5.41, 5.74) is 0.184. The summed E-state index contributed by atoms with van der Waals surface area (Å²) in [6.07, 6.45) is 0. The molecule has 0 atom stereocenters. The molecule has 2 amide bonds. The number of carbonyl (C=O) groups excluding carboxylic acids is 2. The highest BCUT2D eigenvalue weighted by atomic mass is 32.2. The topological polar surface area (TPSA) is 98.8 Å². The Balaban J connectivity index is 2.57. The summed E-state index contributed by atoms with van der Waals surface area (Å²) >= 11 is 0. The molecule has 0 aliphatic rings. The minimum atomic E-state index is -3.62. The molecule has 0 radical (unpaired) electrons. The standard InChI is InChI=1S/C17H28N4O4S/c1-5-21(6-2)11-10-18-16(22)13-19-17(23)14-8-7-9-15(12-14)26(24,25)20(3)4/h7-9,12H,5-6,10-11,13H2,1-4H3,(H,18,22)(H,19,23). The van der Waals surface area contributed by atoms with Crippen LogP contribution < -0.4 is 10.6 Å². The van der Waals surface area contributed by atoms with Gasteiger partial charge in [0.25, 0.3) is 5.91 Å². The molecule has 1 rings (SSSR count). The van der Waals surface area contributed by atoms with Crippen LogP contribution in [0.25, 0.3) is 0 Å². The number of hydrogen-bond acceptors (Lipinski definition) is 5. The molecule has 8 nitrogen and oxygen atoms in total. The maximum Gasteiger partial charge on any atom is 0.251 e. The third-order valence-electron chi connectivity index (χ3n) is 3.93. The van der Waals surface area contributed by atoms with Crippen LogP contribution in [0.2, 0.25) is 0 Å². The first kappa shape index (κ1) is 22.1. The zero-order chi connectivity index (χ0) is 19.7. The second kappa shape index (κ2) is 10.2. The number of nitrogens with one attached hydrogen (secondary N) is 2. The molecule has 0 bridgehead atoms. The molecular weight excluding hydrogens is 356 g/mol. The number of nitrogens with zero attached hydrogens (tertiary/aromatic N) is 2. The van der Waals surface area contributed by atoms with Crippen molar-refractivity contribution in [1.82, 2.24) is 19.8 Å². The van der Waals surface area contributed by atoms with Crippen LogP contribution in [0.1, 0.15) is 24.2 Å². The second-order valence-electron chi connectivity index (χ2n) is 5.87. The van der Waals surface area contributed by atoms with E-state index < -0.39 is 15.9 Å². The van der Waals surface area contributed by atoms with E-state index >= 15 is 0 Å². The summed E-state index contributed by atoms with van der Waals surface area (Å²) in [5, 5.41) is 5.24. The van der Waals surface area contributed by atoms with Gasteiger partial charge < -0.3 is 15.5 Å². The zero-order valence-electron chi connectivity index (χ0n) is 15.8. The van der Waals surface area contributed by atoms with Gasteiger partial charge in [-0.05, 0) is 31.3 Å². The third kappa shape index (κ3) is 6.40. The van der Waals surface area contributed by atoms with Crippen LogP contribution in [-0.4, -0.2) is 76.3 Å². The Morgan fingerprint density at radius 1 is 1.08 bits per heavy atom. The van der Waals surface area contributed by atoms with Gasteiger partial charge in [0.1, 0.15) is 0 Å². The molecule has 0 fully saturated rings. The minimum Gasteiger partial charge on any atom is -0.353 e. The smallest absolute Gasteiger partial charge is 0.251 e. The Kier molecular flexibility index (Phi) is 8.70. The number of hydrogen-bond donors (Lipinski definition) is 2. The molecule has 0 spiro atoms. The highest BCUT2D eigenvalue weighted by Crippen LogP contribution is 2.14. The summed E-state index contributed by atoms with van der Waals surface area (Å²) in [6, 6.07) is 5.72. The fourth-order valence-electron chi connectivity index (χ4n) is 2.23. The molecule has 0 aliphatic heterocycles. The molecule has 0 aromatic heterocycles.